The van der Waals surface area contributed by atoms with Gasteiger partial charge in [-0.25, -0.2) is 4.98 Å². The van der Waals surface area contributed by atoms with Gasteiger partial charge in [0.2, 0.25) is 11.6 Å². The number of carbonyl (C=O) groups excluding carboxylic acids is 2. The van der Waals surface area contributed by atoms with Crippen molar-refractivity contribution in [2.45, 2.75) is 45.4 Å². The van der Waals surface area contributed by atoms with Crippen LogP contribution < -0.4 is 0 Å². The van der Waals surface area contributed by atoms with Crippen molar-refractivity contribution in [1.82, 2.24) is 4.98 Å². The Balaban J connectivity index is 2.05. The molecule has 1 heterocycles. The number of allylic oxidation sites excluding steroid dienone is 2. The van der Waals surface area contributed by atoms with Crippen LogP contribution in [-0.4, -0.2) is 21.7 Å². The molecule has 0 saturated heterocycles. The monoisotopic (exact) mass is 279 g/mol. The van der Waals surface area contributed by atoms with Gasteiger partial charge in [-0.3, -0.25) is 9.59 Å². The van der Waals surface area contributed by atoms with E-state index >= 15 is 0 Å². The number of aliphatic hydroxyl groups excluding tert-OH is 1. The normalized spacial score (nSPS) is 15.0. The van der Waals surface area contributed by atoms with E-state index in [2.05, 4.69) is 11.9 Å². The van der Waals surface area contributed by atoms with Gasteiger partial charge in [0.25, 0.3) is 0 Å². The molecule has 1 aliphatic carbocycles. The van der Waals surface area contributed by atoms with E-state index in [1.807, 2.05) is 0 Å². The third-order valence-corrected chi connectivity index (χ3v) is 4.12. The molecule has 4 nitrogen and oxygen atoms in total. The first-order chi connectivity index (χ1) is 9.16. The molecule has 0 fully saturated rings. The summed E-state index contributed by atoms with van der Waals surface area (Å²) in [6.07, 6.45) is 5.74. The highest BCUT2D eigenvalue weighted by molar-refractivity contribution is 7.12. The van der Waals surface area contributed by atoms with Crippen LogP contribution in [0.15, 0.2) is 16.8 Å². The quantitative estimate of drug-likeness (QED) is 0.806. The van der Waals surface area contributed by atoms with Crippen molar-refractivity contribution in [1.29, 1.82) is 0 Å². The summed E-state index contributed by atoms with van der Waals surface area (Å²) < 4.78 is 0. The van der Waals surface area contributed by atoms with Gasteiger partial charge in [0.05, 0.1) is 5.51 Å². The molecule has 1 aliphatic rings. The lowest BCUT2D eigenvalue weighted by Crippen LogP contribution is -2.21. The van der Waals surface area contributed by atoms with Crippen LogP contribution >= 0.6 is 11.3 Å². The molecular weight excluding hydrogens is 262 g/mol. The molecule has 5 heteroatoms. The van der Waals surface area contributed by atoms with Gasteiger partial charge in [-0.1, -0.05) is 32.6 Å². The van der Waals surface area contributed by atoms with E-state index in [1.54, 1.807) is 0 Å². The molecule has 1 aromatic heterocycles. The Kier molecular flexibility index (Phi) is 4.47. The molecule has 1 N–H and O–H groups in total. The number of fused-ring (bicyclic) bond motifs is 1. The van der Waals surface area contributed by atoms with Gasteiger partial charge in [0, 0.05) is 5.57 Å². The minimum atomic E-state index is -0.458. The van der Waals surface area contributed by atoms with Gasteiger partial charge in [0.15, 0.2) is 5.76 Å². The number of unbranched alkanes of at least 4 members (excludes halogenated alkanes) is 4. The number of rotatable bonds is 6. The van der Waals surface area contributed by atoms with Crippen molar-refractivity contribution in [2.75, 3.05) is 0 Å². The maximum Gasteiger partial charge on any atom is 0.240 e. The molecular formula is C14H17NO3S. The van der Waals surface area contributed by atoms with Crippen LogP contribution in [0.2, 0.25) is 0 Å². The maximum atomic E-state index is 12.1. The third kappa shape index (κ3) is 2.76. The highest BCUT2D eigenvalue weighted by atomic mass is 32.1. The number of carbonyl (C=O) groups is 2. The number of aromatic nitrogens is 1. The Morgan fingerprint density at radius 2 is 1.89 bits per heavy atom. The fraction of sp³-hybridized carbons (Fsp3) is 0.500. The zero-order valence-electron chi connectivity index (χ0n) is 10.9. The number of hydrogen-bond donors (Lipinski definition) is 1. The van der Waals surface area contributed by atoms with Gasteiger partial charge < -0.3 is 5.11 Å². The Hall–Kier alpha value is -1.49. The van der Waals surface area contributed by atoms with Crippen molar-refractivity contribution in [3.63, 3.8) is 0 Å². The van der Waals surface area contributed by atoms with Crippen molar-refractivity contribution < 1.29 is 14.7 Å². The van der Waals surface area contributed by atoms with Gasteiger partial charge in [-0.05, 0) is 12.8 Å². The molecule has 0 aromatic carbocycles. The fourth-order valence-electron chi connectivity index (χ4n) is 2.20. The molecule has 19 heavy (non-hydrogen) atoms. The van der Waals surface area contributed by atoms with E-state index in [1.165, 1.54) is 11.9 Å². The Bertz CT molecular complexity index is 531. The molecule has 1 aromatic rings. The first-order valence-corrected chi connectivity index (χ1v) is 7.49. The van der Waals surface area contributed by atoms with E-state index in [0.717, 1.165) is 37.0 Å². The van der Waals surface area contributed by atoms with E-state index < -0.39 is 5.78 Å². The van der Waals surface area contributed by atoms with Crippen molar-refractivity contribution in [3.8, 4) is 0 Å². The second-order valence-corrected chi connectivity index (χ2v) is 5.53. The summed E-state index contributed by atoms with van der Waals surface area (Å²) in [5.41, 5.74) is 1.91. The molecule has 0 radical (unpaired) electrons. The SMILES string of the molecule is CCCCCCCC1=C(O)C(=O)c2scnc2C1=O. The zero-order chi connectivity index (χ0) is 13.8. The van der Waals surface area contributed by atoms with Gasteiger partial charge >= 0.3 is 0 Å². The summed E-state index contributed by atoms with van der Waals surface area (Å²) in [6.45, 7) is 2.14. The van der Waals surface area contributed by atoms with Crippen molar-refractivity contribution >= 4 is 22.9 Å². The van der Waals surface area contributed by atoms with Crippen LogP contribution in [0.5, 0.6) is 0 Å². The Morgan fingerprint density at radius 1 is 1.16 bits per heavy atom. The lowest BCUT2D eigenvalue weighted by atomic mass is 9.93. The molecule has 0 spiro atoms. The molecule has 2 rings (SSSR count). The van der Waals surface area contributed by atoms with Crippen LogP contribution in [0.1, 0.15) is 65.6 Å². The number of aliphatic hydroxyl groups is 1. The molecule has 102 valence electrons. The summed E-state index contributed by atoms with van der Waals surface area (Å²) in [5, 5.41) is 9.86. The first-order valence-electron chi connectivity index (χ1n) is 6.61. The Labute approximate surface area is 116 Å². The van der Waals surface area contributed by atoms with Crippen LogP contribution in [-0.2, 0) is 0 Å². The predicted octanol–water partition coefficient (Wildman–Crippen LogP) is 3.69. The number of Topliss-reactive ketones (excluding diaryl/α,β-unsaturated/α-hetero) is 2. The third-order valence-electron chi connectivity index (χ3n) is 3.29. The molecule has 0 atom stereocenters. The van der Waals surface area contributed by atoms with Crippen LogP contribution in [0, 0.1) is 0 Å². The predicted molar refractivity (Wildman–Crippen MR) is 73.8 cm³/mol. The fourth-order valence-corrected chi connectivity index (χ4v) is 2.93. The largest absolute Gasteiger partial charge is 0.504 e. The van der Waals surface area contributed by atoms with Gasteiger partial charge in [0.1, 0.15) is 10.6 Å². The molecule has 0 amide bonds. The molecule has 0 bridgehead atoms. The summed E-state index contributed by atoms with van der Waals surface area (Å²) in [6, 6.07) is 0. The minimum Gasteiger partial charge on any atom is -0.504 e. The zero-order valence-corrected chi connectivity index (χ0v) is 11.8. The smallest absolute Gasteiger partial charge is 0.240 e. The van der Waals surface area contributed by atoms with E-state index in [4.69, 9.17) is 0 Å². The van der Waals surface area contributed by atoms with Gasteiger partial charge in [-0.15, -0.1) is 11.3 Å². The number of nitrogens with zero attached hydrogens (tertiary/aromatic N) is 1. The summed E-state index contributed by atoms with van der Waals surface area (Å²) in [5.74, 6) is -1.12. The van der Waals surface area contributed by atoms with Crippen LogP contribution in [0.4, 0.5) is 0 Å². The maximum absolute atomic E-state index is 12.1. The number of thiazole rings is 1. The summed E-state index contributed by atoms with van der Waals surface area (Å²) in [4.78, 5) is 28.2. The standard InChI is InChI=1S/C14H17NO3S/c1-2-3-4-5-6-7-9-11(16)10-14(19-8-15-10)13(18)12(9)17/h8,17H,2-7H2,1H3. The molecule has 0 unspecified atom stereocenters. The van der Waals surface area contributed by atoms with Gasteiger partial charge in [-0.2, -0.15) is 0 Å². The second-order valence-electron chi connectivity index (χ2n) is 4.68. The number of ketones is 2. The van der Waals surface area contributed by atoms with E-state index in [0.29, 0.717) is 6.42 Å². The highest BCUT2D eigenvalue weighted by Crippen LogP contribution is 2.29. The Morgan fingerprint density at radius 3 is 2.63 bits per heavy atom. The average Bonchev–Trinajstić information content (AvgIpc) is 2.89. The topological polar surface area (TPSA) is 67.3 Å². The van der Waals surface area contributed by atoms with E-state index in [9.17, 15) is 14.7 Å². The first kappa shape index (κ1) is 13.9. The molecule has 0 saturated carbocycles. The average molecular weight is 279 g/mol. The lowest BCUT2D eigenvalue weighted by Gasteiger charge is -2.13. The van der Waals surface area contributed by atoms with Crippen LogP contribution in [0.25, 0.3) is 0 Å². The van der Waals surface area contributed by atoms with Crippen molar-refractivity contribution in [3.05, 3.63) is 27.4 Å². The minimum absolute atomic E-state index is 0.205. The van der Waals surface area contributed by atoms with Crippen LogP contribution in [0.3, 0.4) is 0 Å². The highest BCUT2D eigenvalue weighted by Gasteiger charge is 2.34. The second kappa shape index (κ2) is 6.10. The lowest BCUT2D eigenvalue weighted by molar-refractivity contribution is 0.0927. The molecule has 0 aliphatic heterocycles. The van der Waals surface area contributed by atoms with E-state index in [-0.39, 0.29) is 27.7 Å². The summed E-state index contributed by atoms with van der Waals surface area (Å²) in [7, 11) is 0. The summed E-state index contributed by atoms with van der Waals surface area (Å²) >= 11 is 1.10. The number of hydrogen-bond acceptors (Lipinski definition) is 5. The van der Waals surface area contributed by atoms with Crippen molar-refractivity contribution in [2.24, 2.45) is 0 Å².